The first kappa shape index (κ1) is 16.4. The van der Waals surface area contributed by atoms with Crippen molar-refractivity contribution in [2.24, 2.45) is 0 Å². The van der Waals surface area contributed by atoms with E-state index in [0.29, 0.717) is 10.7 Å². The van der Waals surface area contributed by atoms with E-state index < -0.39 is 0 Å². The Morgan fingerprint density at radius 1 is 1.17 bits per heavy atom. The Kier molecular flexibility index (Phi) is 5.30. The largest absolute Gasteiger partial charge is 0.368 e. The van der Waals surface area contributed by atoms with Crippen molar-refractivity contribution in [2.45, 2.75) is 71.3 Å². The number of hydrogen-bond acceptors (Lipinski definition) is 4. The third-order valence-electron chi connectivity index (χ3n) is 4.37. The van der Waals surface area contributed by atoms with Crippen LogP contribution in [-0.4, -0.2) is 26.1 Å². The Bertz CT molecular complexity index is 714. The van der Waals surface area contributed by atoms with Gasteiger partial charge in [-0.15, -0.1) is 0 Å². The monoisotopic (exact) mass is 333 g/mol. The smallest absolute Gasteiger partial charge is 0.203 e. The molecule has 0 saturated heterocycles. The number of aryl methyl sites for hydroxylation is 1. The average Bonchev–Trinajstić information content (AvgIpc) is 3.30. The third-order valence-corrected chi connectivity index (χ3v) is 4.68. The molecule has 0 amide bonds. The maximum Gasteiger partial charge on any atom is 0.203 e. The molecule has 6 heteroatoms. The van der Waals surface area contributed by atoms with Crippen LogP contribution in [0.15, 0.2) is 0 Å². The zero-order valence-corrected chi connectivity index (χ0v) is 15.0. The molecule has 1 fully saturated rings. The summed E-state index contributed by atoms with van der Waals surface area (Å²) in [6, 6.07) is 0. The summed E-state index contributed by atoms with van der Waals surface area (Å²) in [4.78, 5) is 13.0. The van der Waals surface area contributed by atoms with Crippen molar-refractivity contribution in [3.8, 4) is 0 Å². The third kappa shape index (κ3) is 3.74. The predicted octanol–water partition coefficient (Wildman–Crippen LogP) is 4.77. The number of imidazole rings is 1. The molecule has 0 bridgehead atoms. The van der Waals surface area contributed by atoms with Crippen LogP contribution in [0, 0.1) is 4.77 Å². The van der Waals surface area contributed by atoms with Gasteiger partial charge in [0.2, 0.25) is 4.77 Å². The highest BCUT2D eigenvalue weighted by molar-refractivity contribution is 7.71. The average molecular weight is 334 g/mol. The lowest BCUT2D eigenvalue weighted by molar-refractivity contribution is 0.668. The van der Waals surface area contributed by atoms with Crippen molar-refractivity contribution in [1.29, 1.82) is 0 Å². The molecule has 2 N–H and O–H groups in total. The van der Waals surface area contributed by atoms with Crippen molar-refractivity contribution >= 4 is 29.2 Å². The lowest BCUT2D eigenvalue weighted by Gasteiger charge is -2.10. The van der Waals surface area contributed by atoms with E-state index >= 15 is 0 Å². The fourth-order valence-electron chi connectivity index (χ4n) is 2.91. The van der Waals surface area contributed by atoms with Gasteiger partial charge < -0.3 is 10.3 Å². The Morgan fingerprint density at radius 2 is 2.00 bits per heavy atom. The fraction of sp³-hybridized carbons (Fsp3) is 0.706. The molecule has 1 aliphatic rings. The van der Waals surface area contributed by atoms with Crippen LogP contribution in [0.5, 0.6) is 0 Å². The molecule has 0 spiro atoms. The standard InChI is InChI=1S/C17H27N5S/c1-3-5-6-7-10-18-15-13-16(20-14(19-13)12-8-9-12)22(11-4-2)17(23)21-15/h12H,3-11H2,1-2H3,(H,19,20)(H,18,21,23). The normalized spacial score (nSPS) is 14.5. The zero-order chi connectivity index (χ0) is 16.2. The van der Waals surface area contributed by atoms with Crippen LogP contribution in [0.3, 0.4) is 0 Å². The molecule has 0 radical (unpaired) electrons. The van der Waals surface area contributed by atoms with E-state index in [9.17, 15) is 0 Å². The van der Waals surface area contributed by atoms with E-state index in [1.54, 1.807) is 0 Å². The van der Waals surface area contributed by atoms with Gasteiger partial charge in [-0.2, -0.15) is 0 Å². The molecule has 126 valence electrons. The van der Waals surface area contributed by atoms with Gasteiger partial charge in [0.15, 0.2) is 11.5 Å². The summed E-state index contributed by atoms with van der Waals surface area (Å²) in [6.07, 6.45) is 8.47. The van der Waals surface area contributed by atoms with Gasteiger partial charge in [-0.05, 0) is 37.9 Å². The predicted molar refractivity (Wildman–Crippen MR) is 97.6 cm³/mol. The van der Waals surface area contributed by atoms with Crippen molar-refractivity contribution in [3.05, 3.63) is 10.6 Å². The molecule has 0 atom stereocenters. The molecule has 0 unspecified atom stereocenters. The highest BCUT2D eigenvalue weighted by Crippen LogP contribution is 2.39. The summed E-state index contributed by atoms with van der Waals surface area (Å²) in [7, 11) is 0. The molecule has 0 aromatic carbocycles. The van der Waals surface area contributed by atoms with Crippen LogP contribution < -0.4 is 5.32 Å². The summed E-state index contributed by atoms with van der Waals surface area (Å²) < 4.78 is 2.69. The lowest BCUT2D eigenvalue weighted by Crippen LogP contribution is -2.09. The topological polar surface area (TPSA) is 58.5 Å². The highest BCUT2D eigenvalue weighted by Gasteiger charge is 2.28. The summed E-state index contributed by atoms with van der Waals surface area (Å²) in [5.41, 5.74) is 1.98. The van der Waals surface area contributed by atoms with Gasteiger partial charge in [-0.25, -0.2) is 9.97 Å². The van der Waals surface area contributed by atoms with Crippen molar-refractivity contribution < 1.29 is 0 Å². The quantitative estimate of drug-likeness (QED) is 0.513. The van der Waals surface area contributed by atoms with E-state index in [1.807, 2.05) is 0 Å². The van der Waals surface area contributed by atoms with E-state index in [4.69, 9.17) is 17.2 Å². The number of hydrogen-bond donors (Lipinski definition) is 2. The first-order valence-electron chi connectivity index (χ1n) is 8.98. The van der Waals surface area contributed by atoms with E-state index in [0.717, 1.165) is 48.7 Å². The van der Waals surface area contributed by atoms with Gasteiger partial charge in [0.1, 0.15) is 11.3 Å². The first-order valence-corrected chi connectivity index (χ1v) is 9.39. The molecule has 1 aliphatic carbocycles. The number of anilines is 1. The number of nitrogens with zero attached hydrogens (tertiary/aromatic N) is 3. The maximum atomic E-state index is 5.50. The SMILES string of the molecule is CCCCCCNc1nc(=S)n(CCC)c2nc(C3CC3)[nH]c12. The minimum Gasteiger partial charge on any atom is -0.368 e. The molecular formula is C17H27N5S. The number of fused-ring (bicyclic) bond motifs is 1. The molecular weight excluding hydrogens is 306 g/mol. The molecule has 1 saturated carbocycles. The van der Waals surface area contributed by atoms with E-state index in [1.165, 1.54) is 32.1 Å². The number of aromatic amines is 1. The van der Waals surface area contributed by atoms with Crippen LogP contribution >= 0.6 is 12.2 Å². The Balaban J connectivity index is 1.87. The van der Waals surface area contributed by atoms with Gasteiger partial charge >= 0.3 is 0 Å². The van der Waals surface area contributed by atoms with E-state index in [-0.39, 0.29) is 0 Å². The van der Waals surface area contributed by atoms with Crippen molar-refractivity contribution in [2.75, 3.05) is 11.9 Å². The lowest BCUT2D eigenvalue weighted by atomic mass is 10.2. The summed E-state index contributed by atoms with van der Waals surface area (Å²) >= 11 is 5.50. The number of nitrogens with one attached hydrogen (secondary N) is 2. The second-order valence-corrected chi connectivity index (χ2v) is 6.84. The molecule has 0 aliphatic heterocycles. The van der Waals surface area contributed by atoms with Gasteiger partial charge in [-0.3, -0.25) is 4.57 Å². The molecule has 2 aromatic heterocycles. The molecule has 2 heterocycles. The number of unbranched alkanes of at least 4 members (excludes halogenated alkanes) is 3. The van der Waals surface area contributed by atoms with Crippen LogP contribution in [-0.2, 0) is 6.54 Å². The first-order chi connectivity index (χ1) is 11.2. The van der Waals surface area contributed by atoms with Crippen LogP contribution in [0.25, 0.3) is 11.2 Å². The Labute approximate surface area is 142 Å². The van der Waals surface area contributed by atoms with Crippen LogP contribution in [0.4, 0.5) is 5.82 Å². The second-order valence-electron chi connectivity index (χ2n) is 6.48. The number of H-pyrrole nitrogens is 1. The molecule has 2 aromatic rings. The molecule has 23 heavy (non-hydrogen) atoms. The zero-order valence-electron chi connectivity index (χ0n) is 14.2. The fourth-order valence-corrected chi connectivity index (χ4v) is 3.18. The van der Waals surface area contributed by atoms with Crippen molar-refractivity contribution in [1.82, 2.24) is 19.5 Å². The second kappa shape index (κ2) is 7.43. The maximum absolute atomic E-state index is 5.50. The number of rotatable bonds is 9. The molecule has 3 rings (SSSR count). The minimum atomic E-state index is 0.600. The summed E-state index contributed by atoms with van der Waals surface area (Å²) in [5.74, 6) is 2.57. The highest BCUT2D eigenvalue weighted by atomic mass is 32.1. The Hall–Kier alpha value is -1.43. The Morgan fingerprint density at radius 3 is 2.70 bits per heavy atom. The summed E-state index contributed by atoms with van der Waals surface area (Å²) in [6.45, 7) is 6.19. The number of aromatic nitrogens is 4. The van der Waals surface area contributed by atoms with Crippen LogP contribution in [0.1, 0.15) is 70.5 Å². The summed E-state index contributed by atoms with van der Waals surface area (Å²) in [5, 5.41) is 3.47. The van der Waals surface area contributed by atoms with Gasteiger partial charge in [0.05, 0.1) is 0 Å². The van der Waals surface area contributed by atoms with Gasteiger partial charge in [-0.1, -0.05) is 33.1 Å². The van der Waals surface area contributed by atoms with Gasteiger partial charge in [0, 0.05) is 19.0 Å². The molecule has 5 nitrogen and oxygen atoms in total. The van der Waals surface area contributed by atoms with E-state index in [2.05, 4.69) is 33.7 Å². The minimum absolute atomic E-state index is 0.600. The van der Waals surface area contributed by atoms with Crippen molar-refractivity contribution in [3.63, 3.8) is 0 Å². The van der Waals surface area contributed by atoms with Gasteiger partial charge in [0.25, 0.3) is 0 Å². The van der Waals surface area contributed by atoms with Crippen LogP contribution in [0.2, 0.25) is 0 Å².